The molecule has 0 aliphatic carbocycles. The molecule has 174 valence electrons. The molecule has 0 heterocycles. The number of benzene rings is 3. The Hall–Kier alpha value is -2.71. The Balaban J connectivity index is 1.59. The van der Waals surface area contributed by atoms with Gasteiger partial charge in [-0.25, -0.2) is 13.2 Å². The number of aliphatic hydroxyl groups is 1. The molecule has 3 aromatic rings. The molecule has 33 heavy (non-hydrogen) atoms. The molecular weight excluding hydrogens is 462 g/mol. The van der Waals surface area contributed by atoms with Crippen LogP contribution in [0, 0.1) is 0 Å². The summed E-state index contributed by atoms with van der Waals surface area (Å²) >= 11 is 5.88. The van der Waals surface area contributed by atoms with Crippen LogP contribution in [0.3, 0.4) is 0 Å². The molecule has 0 radical (unpaired) electrons. The van der Waals surface area contributed by atoms with Crippen molar-refractivity contribution < 1.29 is 23.1 Å². The van der Waals surface area contributed by atoms with Crippen molar-refractivity contribution in [3.8, 4) is 0 Å². The highest BCUT2D eigenvalue weighted by Gasteiger charge is 2.18. The van der Waals surface area contributed by atoms with Gasteiger partial charge in [-0.1, -0.05) is 35.9 Å². The highest BCUT2D eigenvalue weighted by molar-refractivity contribution is 7.91. The van der Waals surface area contributed by atoms with E-state index in [9.17, 15) is 18.3 Å². The average Bonchev–Trinajstić information content (AvgIpc) is 2.83. The molecule has 0 bridgehead atoms. The van der Waals surface area contributed by atoms with Crippen LogP contribution in [0.5, 0.6) is 0 Å². The van der Waals surface area contributed by atoms with E-state index in [1.165, 1.54) is 31.4 Å². The predicted octanol–water partition coefficient (Wildman–Crippen LogP) is 4.21. The third-order valence-corrected chi connectivity index (χ3v) is 7.31. The van der Waals surface area contributed by atoms with E-state index in [-0.39, 0.29) is 21.4 Å². The number of sulfone groups is 1. The van der Waals surface area contributed by atoms with Crippen molar-refractivity contribution in [3.05, 3.63) is 94.5 Å². The lowest BCUT2D eigenvalue weighted by Crippen LogP contribution is -2.32. The molecule has 2 N–H and O–H groups in total. The molecule has 0 aromatic heterocycles. The van der Waals surface area contributed by atoms with Crippen LogP contribution in [0.15, 0.2) is 82.6 Å². The number of carbonyl (C=O) groups is 1. The second kappa shape index (κ2) is 10.9. The second-order valence-electron chi connectivity index (χ2n) is 7.74. The van der Waals surface area contributed by atoms with Crippen molar-refractivity contribution in [3.63, 3.8) is 0 Å². The van der Waals surface area contributed by atoms with Crippen molar-refractivity contribution in [2.45, 2.75) is 35.3 Å². The van der Waals surface area contributed by atoms with Crippen LogP contribution in [0.4, 0.5) is 0 Å². The van der Waals surface area contributed by atoms with Crippen molar-refractivity contribution >= 4 is 27.4 Å². The van der Waals surface area contributed by atoms with Crippen LogP contribution in [0.1, 0.15) is 34.5 Å². The summed E-state index contributed by atoms with van der Waals surface area (Å²) in [5.74, 6) is -0.522. The van der Waals surface area contributed by atoms with Gasteiger partial charge in [0.15, 0.2) is 0 Å². The molecule has 0 saturated carbocycles. The number of esters is 1. The quantitative estimate of drug-likeness (QED) is 0.439. The Morgan fingerprint density at radius 1 is 0.970 bits per heavy atom. The zero-order valence-electron chi connectivity index (χ0n) is 18.4. The number of carbonyl (C=O) groups excluding carboxylic acids is 1. The fourth-order valence-electron chi connectivity index (χ4n) is 3.37. The van der Waals surface area contributed by atoms with Gasteiger partial charge < -0.3 is 15.2 Å². The molecular formula is C25H26ClNO5S. The number of hydrogen-bond acceptors (Lipinski definition) is 6. The lowest BCUT2D eigenvalue weighted by atomic mass is 10.1. The van der Waals surface area contributed by atoms with Crippen LogP contribution in [0.25, 0.3) is 0 Å². The fourth-order valence-corrected chi connectivity index (χ4v) is 4.76. The average molecular weight is 488 g/mol. The largest absolute Gasteiger partial charge is 0.465 e. The first kappa shape index (κ1) is 24.9. The molecule has 2 atom stereocenters. The maximum absolute atomic E-state index is 12.9. The summed E-state index contributed by atoms with van der Waals surface area (Å²) in [6.07, 6.45) is 0.0180. The zero-order chi connectivity index (χ0) is 24.0. The van der Waals surface area contributed by atoms with Crippen LogP contribution in [-0.4, -0.2) is 39.2 Å². The third kappa shape index (κ3) is 6.42. The SMILES string of the molecule is COC(=O)c1ccc(S(=O)(=O)c2ccc(C[C@@H](C)NC[C@H](O)c3ccc(Cl)cc3)cc2)cc1. The van der Waals surface area contributed by atoms with E-state index in [0.717, 1.165) is 11.1 Å². The summed E-state index contributed by atoms with van der Waals surface area (Å²) in [7, 11) is -2.43. The van der Waals surface area contributed by atoms with Gasteiger partial charge in [0, 0.05) is 17.6 Å². The van der Waals surface area contributed by atoms with Crippen LogP contribution >= 0.6 is 11.6 Å². The van der Waals surface area contributed by atoms with E-state index in [1.807, 2.05) is 6.92 Å². The van der Waals surface area contributed by atoms with Gasteiger partial charge >= 0.3 is 5.97 Å². The number of rotatable bonds is 9. The molecule has 8 heteroatoms. The molecule has 0 fully saturated rings. The number of hydrogen-bond donors (Lipinski definition) is 2. The predicted molar refractivity (Wildman–Crippen MR) is 127 cm³/mol. The highest BCUT2D eigenvalue weighted by atomic mass is 35.5. The maximum atomic E-state index is 12.9. The van der Waals surface area contributed by atoms with E-state index in [1.54, 1.807) is 48.5 Å². The van der Waals surface area contributed by atoms with E-state index in [0.29, 0.717) is 18.0 Å². The first-order valence-electron chi connectivity index (χ1n) is 10.4. The fraction of sp³-hybridized carbons (Fsp3) is 0.240. The Labute approximate surface area is 199 Å². The van der Waals surface area contributed by atoms with Crippen molar-refractivity contribution in [2.75, 3.05) is 13.7 Å². The Kier molecular flexibility index (Phi) is 8.26. The summed E-state index contributed by atoms with van der Waals surface area (Å²) in [5, 5.41) is 14.2. The van der Waals surface area contributed by atoms with E-state index >= 15 is 0 Å². The molecule has 0 aliphatic heterocycles. The van der Waals surface area contributed by atoms with Gasteiger partial charge in [-0.05, 0) is 73.0 Å². The first-order valence-corrected chi connectivity index (χ1v) is 12.3. The van der Waals surface area contributed by atoms with Gasteiger partial charge in [-0.15, -0.1) is 0 Å². The topological polar surface area (TPSA) is 92.7 Å². The Bertz CT molecular complexity index is 1180. The number of halogens is 1. The molecule has 3 rings (SSSR count). The van der Waals surface area contributed by atoms with Crippen molar-refractivity contribution in [1.82, 2.24) is 5.32 Å². The lowest BCUT2D eigenvalue weighted by Gasteiger charge is -2.18. The van der Waals surface area contributed by atoms with Gasteiger partial charge in [0.1, 0.15) is 0 Å². The van der Waals surface area contributed by atoms with E-state index < -0.39 is 21.9 Å². The molecule has 0 spiro atoms. The number of nitrogens with one attached hydrogen (secondary N) is 1. The maximum Gasteiger partial charge on any atom is 0.337 e. The van der Waals surface area contributed by atoms with Crippen LogP contribution in [-0.2, 0) is 21.0 Å². The summed E-state index contributed by atoms with van der Waals surface area (Å²) < 4.78 is 30.4. The standard InChI is InChI=1S/C25H26ClNO5S/c1-17(27-16-24(28)19-5-9-21(26)10-6-19)15-18-3-11-22(12-4-18)33(30,31)23-13-7-20(8-14-23)25(29)32-2/h3-14,17,24,27-28H,15-16H2,1-2H3/t17-,24+/m1/s1. The normalized spacial score (nSPS) is 13.3. The Morgan fingerprint density at radius 2 is 1.52 bits per heavy atom. The second-order valence-corrected chi connectivity index (χ2v) is 10.1. The number of aliphatic hydroxyl groups excluding tert-OH is 1. The molecule has 6 nitrogen and oxygen atoms in total. The lowest BCUT2D eigenvalue weighted by molar-refractivity contribution is 0.0600. The van der Waals surface area contributed by atoms with Crippen molar-refractivity contribution in [2.24, 2.45) is 0 Å². The minimum absolute atomic E-state index is 0.0697. The van der Waals surface area contributed by atoms with Gasteiger partial charge in [0.05, 0.1) is 28.6 Å². The minimum Gasteiger partial charge on any atom is -0.465 e. The zero-order valence-corrected chi connectivity index (χ0v) is 19.9. The number of ether oxygens (including phenoxy) is 1. The van der Waals surface area contributed by atoms with E-state index in [4.69, 9.17) is 11.6 Å². The van der Waals surface area contributed by atoms with Gasteiger partial charge in [0.25, 0.3) is 0 Å². The van der Waals surface area contributed by atoms with E-state index in [2.05, 4.69) is 10.1 Å². The molecule has 0 aliphatic rings. The molecule has 0 saturated heterocycles. The summed E-state index contributed by atoms with van der Waals surface area (Å²) in [6.45, 7) is 2.39. The molecule has 3 aromatic carbocycles. The summed E-state index contributed by atoms with van der Waals surface area (Å²) in [4.78, 5) is 11.8. The van der Waals surface area contributed by atoms with Crippen LogP contribution in [0.2, 0.25) is 5.02 Å². The molecule has 0 amide bonds. The van der Waals surface area contributed by atoms with Gasteiger partial charge in [0.2, 0.25) is 9.84 Å². The van der Waals surface area contributed by atoms with Gasteiger partial charge in [-0.3, -0.25) is 0 Å². The highest BCUT2D eigenvalue weighted by Crippen LogP contribution is 2.22. The summed E-state index contributed by atoms with van der Waals surface area (Å²) in [6, 6.07) is 19.5. The van der Waals surface area contributed by atoms with Crippen LogP contribution < -0.4 is 5.32 Å². The Morgan fingerprint density at radius 3 is 2.06 bits per heavy atom. The number of methoxy groups -OCH3 is 1. The minimum atomic E-state index is -3.70. The van der Waals surface area contributed by atoms with Gasteiger partial charge in [-0.2, -0.15) is 0 Å². The third-order valence-electron chi connectivity index (χ3n) is 5.28. The van der Waals surface area contributed by atoms with Crippen molar-refractivity contribution in [1.29, 1.82) is 0 Å². The first-order chi connectivity index (χ1) is 15.7. The summed E-state index contributed by atoms with van der Waals surface area (Å²) in [5.41, 5.74) is 2.04. The molecule has 0 unspecified atom stereocenters. The smallest absolute Gasteiger partial charge is 0.337 e. The monoisotopic (exact) mass is 487 g/mol.